The number of unbranched alkanes of at least 4 members (excludes halogenated alkanes) is 1. The van der Waals surface area contributed by atoms with Crippen LogP contribution in [0.4, 0.5) is 5.69 Å². The molecule has 0 saturated carbocycles. The Bertz CT molecular complexity index is 597. The molecule has 0 aliphatic carbocycles. The molecule has 4 nitrogen and oxygen atoms in total. The number of rotatable bonds is 6. The van der Waals surface area contributed by atoms with Crippen LogP contribution in [0.1, 0.15) is 44.2 Å². The van der Waals surface area contributed by atoms with E-state index in [1.807, 2.05) is 13.8 Å². The summed E-state index contributed by atoms with van der Waals surface area (Å²) in [5.74, 6) is -0.0499. The molecule has 0 aliphatic rings. The van der Waals surface area contributed by atoms with E-state index in [0.717, 1.165) is 18.4 Å². The van der Waals surface area contributed by atoms with E-state index in [1.54, 1.807) is 6.92 Å². The van der Waals surface area contributed by atoms with Crippen LogP contribution in [0.15, 0.2) is 17.0 Å². The van der Waals surface area contributed by atoms with Gasteiger partial charge in [-0.2, -0.15) is 0 Å². The van der Waals surface area contributed by atoms with Crippen LogP contribution in [0, 0.1) is 6.92 Å². The van der Waals surface area contributed by atoms with Crippen LogP contribution in [0.3, 0.4) is 0 Å². The summed E-state index contributed by atoms with van der Waals surface area (Å²) >= 11 is 0. The van der Waals surface area contributed by atoms with Gasteiger partial charge in [-0.1, -0.05) is 20.3 Å². The van der Waals surface area contributed by atoms with Crippen molar-refractivity contribution in [1.29, 1.82) is 0 Å². The van der Waals surface area contributed by atoms with Crippen molar-refractivity contribution in [2.24, 2.45) is 0 Å². The third-order valence-electron chi connectivity index (χ3n) is 3.07. The molecule has 20 heavy (non-hydrogen) atoms. The number of carbonyl (C=O) groups is 1. The summed E-state index contributed by atoms with van der Waals surface area (Å²) in [6.07, 6.45) is 2.87. The van der Waals surface area contributed by atoms with Gasteiger partial charge in [0.05, 0.1) is 4.90 Å². The zero-order chi connectivity index (χ0) is 15.3. The van der Waals surface area contributed by atoms with E-state index >= 15 is 0 Å². The van der Waals surface area contributed by atoms with Crippen molar-refractivity contribution in [1.82, 2.24) is 0 Å². The van der Waals surface area contributed by atoms with Crippen LogP contribution in [0.2, 0.25) is 0 Å². The summed E-state index contributed by atoms with van der Waals surface area (Å²) in [7, 11) is 1.61. The average molecular weight is 318 g/mol. The summed E-state index contributed by atoms with van der Waals surface area (Å²) in [4.78, 5) is 11.9. The third-order valence-corrected chi connectivity index (χ3v) is 4.41. The van der Waals surface area contributed by atoms with E-state index in [9.17, 15) is 13.2 Å². The second-order valence-corrected chi connectivity index (χ2v) is 7.28. The normalized spacial score (nSPS) is 11.4. The van der Waals surface area contributed by atoms with Crippen LogP contribution in [0.5, 0.6) is 0 Å². The van der Waals surface area contributed by atoms with Crippen molar-refractivity contribution in [3.63, 3.8) is 0 Å². The SMILES string of the molecule is CCCCC(=O)Nc1c(C)cc(S(=O)(=O)Cl)cc1CC. The smallest absolute Gasteiger partial charge is 0.261 e. The van der Waals surface area contributed by atoms with Crippen LogP contribution >= 0.6 is 10.7 Å². The summed E-state index contributed by atoms with van der Waals surface area (Å²) in [5, 5.41) is 2.87. The van der Waals surface area contributed by atoms with Gasteiger partial charge in [-0.15, -0.1) is 0 Å². The molecule has 0 spiro atoms. The fourth-order valence-corrected chi connectivity index (χ4v) is 2.83. The molecular weight excluding hydrogens is 298 g/mol. The number of halogens is 1. The Morgan fingerprint density at radius 2 is 1.95 bits per heavy atom. The first-order chi connectivity index (χ1) is 9.29. The molecule has 1 rings (SSSR count). The first-order valence-electron chi connectivity index (χ1n) is 6.67. The Balaban J connectivity index is 3.11. The van der Waals surface area contributed by atoms with E-state index in [1.165, 1.54) is 12.1 Å². The van der Waals surface area contributed by atoms with E-state index in [4.69, 9.17) is 10.7 Å². The number of amides is 1. The van der Waals surface area contributed by atoms with Crippen LogP contribution in [-0.4, -0.2) is 14.3 Å². The lowest BCUT2D eigenvalue weighted by Crippen LogP contribution is -2.14. The van der Waals surface area contributed by atoms with Gasteiger partial charge in [0.15, 0.2) is 0 Å². The minimum absolute atomic E-state index is 0.0499. The van der Waals surface area contributed by atoms with Crippen molar-refractivity contribution in [3.8, 4) is 0 Å². The number of nitrogens with one attached hydrogen (secondary N) is 1. The maximum Gasteiger partial charge on any atom is 0.261 e. The van der Waals surface area contributed by atoms with Gasteiger partial charge in [0, 0.05) is 22.8 Å². The minimum atomic E-state index is -3.76. The Morgan fingerprint density at radius 3 is 2.45 bits per heavy atom. The highest BCUT2D eigenvalue weighted by Gasteiger charge is 2.16. The highest BCUT2D eigenvalue weighted by Crippen LogP contribution is 2.27. The first-order valence-corrected chi connectivity index (χ1v) is 8.98. The fraction of sp³-hybridized carbons (Fsp3) is 0.500. The van der Waals surface area contributed by atoms with E-state index in [-0.39, 0.29) is 10.8 Å². The minimum Gasteiger partial charge on any atom is -0.326 e. The maximum atomic E-state index is 11.8. The number of carbonyl (C=O) groups excluding carboxylic acids is 1. The van der Waals surface area contributed by atoms with Crippen molar-refractivity contribution >= 4 is 31.3 Å². The molecule has 0 radical (unpaired) electrons. The van der Waals surface area contributed by atoms with E-state index in [2.05, 4.69) is 5.32 Å². The highest BCUT2D eigenvalue weighted by molar-refractivity contribution is 8.13. The number of hydrogen-bond acceptors (Lipinski definition) is 3. The largest absolute Gasteiger partial charge is 0.326 e. The lowest BCUT2D eigenvalue weighted by atomic mass is 10.1. The van der Waals surface area contributed by atoms with Gasteiger partial charge in [0.2, 0.25) is 5.91 Å². The maximum absolute atomic E-state index is 11.8. The molecule has 1 amide bonds. The van der Waals surface area contributed by atoms with Gasteiger partial charge < -0.3 is 5.32 Å². The highest BCUT2D eigenvalue weighted by atomic mass is 35.7. The van der Waals surface area contributed by atoms with Gasteiger partial charge in [-0.05, 0) is 43.0 Å². The van der Waals surface area contributed by atoms with Crippen LogP contribution < -0.4 is 5.32 Å². The summed E-state index contributed by atoms with van der Waals surface area (Å²) in [6, 6.07) is 3.00. The molecular formula is C14H20ClNO3S. The van der Waals surface area contributed by atoms with E-state index in [0.29, 0.717) is 24.1 Å². The molecule has 0 atom stereocenters. The summed E-state index contributed by atoms with van der Waals surface area (Å²) < 4.78 is 22.8. The van der Waals surface area contributed by atoms with E-state index < -0.39 is 9.05 Å². The molecule has 1 N–H and O–H groups in total. The Morgan fingerprint density at radius 1 is 1.30 bits per heavy atom. The monoisotopic (exact) mass is 317 g/mol. The van der Waals surface area contributed by atoms with Gasteiger partial charge in [-0.25, -0.2) is 8.42 Å². The molecule has 0 aliphatic heterocycles. The molecule has 1 aromatic rings. The standard InChI is InChI=1S/C14H20ClNO3S/c1-4-6-7-13(17)16-14-10(3)8-12(20(15,18)19)9-11(14)5-2/h8-9H,4-7H2,1-3H3,(H,16,17). The van der Waals surface area contributed by atoms with Gasteiger partial charge in [0.1, 0.15) is 0 Å². The van der Waals surface area contributed by atoms with Crippen molar-refractivity contribution in [2.45, 2.75) is 51.3 Å². The lowest BCUT2D eigenvalue weighted by molar-refractivity contribution is -0.116. The Kier molecular flexibility index (Phi) is 6.02. The molecule has 112 valence electrons. The third kappa shape index (κ3) is 4.49. The van der Waals surface area contributed by atoms with Crippen LogP contribution in [0.25, 0.3) is 0 Å². The number of benzene rings is 1. The lowest BCUT2D eigenvalue weighted by Gasteiger charge is -2.14. The molecule has 0 bridgehead atoms. The predicted molar refractivity (Wildman–Crippen MR) is 81.8 cm³/mol. The zero-order valence-electron chi connectivity index (χ0n) is 12.0. The quantitative estimate of drug-likeness (QED) is 0.815. The molecule has 6 heteroatoms. The molecule has 0 aromatic heterocycles. The second-order valence-electron chi connectivity index (χ2n) is 4.72. The molecule has 1 aromatic carbocycles. The molecule has 0 saturated heterocycles. The molecule has 0 heterocycles. The molecule has 0 unspecified atom stereocenters. The van der Waals surface area contributed by atoms with Crippen molar-refractivity contribution in [3.05, 3.63) is 23.3 Å². The number of anilines is 1. The molecule has 0 fully saturated rings. The van der Waals surface area contributed by atoms with Gasteiger partial charge in [0.25, 0.3) is 9.05 Å². The van der Waals surface area contributed by atoms with Gasteiger partial charge in [-0.3, -0.25) is 4.79 Å². The van der Waals surface area contributed by atoms with Crippen molar-refractivity contribution in [2.75, 3.05) is 5.32 Å². The fourth-order valence-electron chi connectivity index (χ4n) is 1.96. The second kappa shape index (κ2) is 7.09. The van der Waals surface area contributed by atoms with Crippen LogP contribution in [-0.2, 0) is 20.3 Å². The van der Waals surface area contributed by atoms with Gasteiger partial charge >= 0.3 is 0 Å². The first kappa shape index (κ1) is 17.0. The zero-order valence-corrected chi connectivity index (χ0v) is 13.6. The Hall–Kier alpha value is -1.07. The predicted octanol–water partition coefficient (Wildman–Crippen LogP) is 3.61. The number of aryl methyl sites for hydroxylation is 2. The van der Waals surface area contributed by atoms with Crippen molar-refractivity contribution < 1.29 is 13.2 Å². The summed E-state index contributed by atoms with van der Waals surface area (Å²) in [5.41, 5.74) is 2.17. The topological polar surface area (TPSA) is 63.2 Å². The Labute approximate surface area is 124 Å². The number of hydrogen-bond donors (Lipinski definition) is 1. The summed E-state index contributed by atoms with van der Waals surface area (Å²) in [6.45, 7) is 5.69. The average Bonchev–Trinajstić information content (AvgIpc) is 2.37.